The van der Waals surface area contributed by atoms with Crippen LogP contribution in [0.5, 0.6) is 0 Å². The van der Waals surface area contributed by atoms with Crippen molar-refractivity contribution in [3.8, 4) is 0 Å². The number of urea groups is 1. The van der Waals surface area contributed by atoms with Crippen LogP contribution in [0.4, 0.5) is 18.0 Å². The highest BCUT2D eigenvalue weighted by Crippen LogP contribution is 2.27. The van der Waals surface area contributed by atoms with Crippen LogP contribution < -0.4 is 10.6 Å². The Kier molecular flexibility index (Phi) is 6.43. The summed E-state index contributed by atoms with van der Waals surface area (Å²) in [6.07, 6.45) is 3.34. The van der Waals surface area contributed by atoms with E-state index in [1.807, 2.05) is 0 Å². The number of nitrogens with one attached hydrogen (secondary N) is 2. The van der Waals surface area contributed by atoms with E-state index in [2.05, 4.69) is 15.7 Å². The van der Waals surface area contributed by atoms with E-state index in [0.29, 0.717) is 5.02 Å². The minimum absolute atomic E-state index is 0.122. The number of aromatic nitrogens is 2. The fourth-order valence-corrected chi connectivity index (χ4v) is 2.88. The van der Waals surface area contributed by atoms with Crippen LogP contribution in [0.15, 0.2) is 67.0 Å². The molecule has 1 atom stereocenters. The average molecular weight is 423 g/mol. The summed E-state index contributed by atoms with van der Waals surface area (Å²) in [5, 5.41) is 9.49. The van der Waals surface area contributed by atoms with Crippen LogP contribution in [0, 0.1) is 5.82 Å². The first-order valence-electron chi connectivity index (χ1n) is 8.75. The van der Waals surface area contributed by atoms with Gasteiger partial charge in [0.2, 0.25) is 0 Å². The van der Waals surface area contributed by atoms with Crippen LogP contribution in [-0.2, 0) is 5.92 Å². The number of nitrogens with zero attached hydrogens (tertiary/aromatic N) is 2. The summed E-state index contributed by atoms with van der Waals surface area (Å²) >= 11 is 5.92. The first-order chi connectivity index (χ1) is 13.8. The fraction of sp³-hybridized carbons (Fsp3) is 0.200. The van der Waals surface area contributed by atoms with Gasteiger partial charge in [-0.2, -0.15) is 13.9 Å². The summed E-state index contributed by atoms with van der Waals surface area (Å²) in [4.78, 5) is 12.1. The van der Waals surface area contributed by atoms with Crippen molar-refractivity contribution in [2.45, 2.75) is 12.0 Å². The van der Waals surface area contributed by atoms with Gasteiger partial charge in [-0.25, -0.2) is 9.18 Å². The molecule has 0 radical (unpaired) electrons. The number of rotatable bonds is 7. The Hall–Kier alpha value is -3.00. The second-order valence-corrected chi connectivity index (χ2v) is 6.76. The molecule has 2 N–H and O–H groups in total. The van der Waals surface area contributed by atoms with Gasteiger partial charge in [0, 0.05) is 29.5 Å². The summed E-state index contributed by atoms with van der Waals surface area (Å²) in [5.74, 6) is -3.94. The lowest BCUT2D eigenvalue weighted by Gasteiger charge is -2.21. The molecule has 1 aromatic heterocycles. The van der Waals surface area contributed by atoms with E-state index in [0.717, 1.165) is 29.8 Å². The summed E-state index contributed by atoms with van der Waals surface area (Å²) in [5.41, 5.74) is 0.463. The predicted octanol–water partition coefficient (Wildman–Crippen LogP) is 4.36. The standard InChI is InChI=1S/C20H18ClF3N4O/c21-16-6-2-14(3-7-16)18(28-11-1-10-27-28)12-25-19(29)26-13-20(23,24)15-4-8-17(22)9-5-15/h1-11,18H,12-13H2,(H2,25,26,29). The Morgan fingerprint density at radius 1 is 1.10 bits per heavy atom. The lowest BCUT2D eigenvalue weighted by Crippen LogP contribution is -2.43. The van der Waals surface area contributed by atoms with Crippen molar-refractivity contribution in [1.29, 1.82) is 0 Å². The molecule has 3 aromatic rings. The predicted molar refractivity (Wildman–Crippen MR) is 104 cm³/mol. The average Bonchev–Trinajstić information content (AvgIpc) is 3.23. The first-order valence-corrected chi connectivity index (χ1v) is 9.13. The molecule has 29 heavy (non-hydrogen) atoms. The summed E-state index contributed by atoms with van der Waals surface area (Å²) < 4.78 is 42.9. The molecule has 152 valence electrons. The van der Waals surface area contributed by atoms with Gasteiger partial charge >= 0.3 is 6.03 Å². The number of amides is 2. The van der Waals surface area contributed by atoms with Crippen LogP contribution in [0.2, 0.25) is 5.02 Å². The molecule has 2 amide bonds. The highest BCUT2D eigenvalue weighted by Gasteiger charge is 2.32. The molecular formula is C20H18ClF3N4O. The molecule has 9 heteroatoms. The van der Waals surface area contributed by atoms with E-state index >= 15 is 0 Å². The zero-order valence-electron chi connectivity index (χ0n) is 15.2. The van der Waals surface area contributed by atoms with Gasteiger partial charge in [-0.1, -0.05) is 35.9 Å². The molecule has 1 unspecified atom stereocenters. The molecule has 1 heterocycles. The van der Waals surface area contributed by atoms with Crippen LogP contribution in [0.1, 0.15) is 17.2 Å². The number of halogens is 4. The lowest BCUT2D eigenvalue weighted by molar-refractivity contribution is -0.000546. The molecule has 0 aliphatic heterocycles. The Morgan fingerprint density at radius 3 is 2.41 bits per heavy atom. The van der Waals surface area contributed by atoms with Crippen molar-refractivity contribution in [1.82, 2.24) is 20.4 Å². The quantitative estimate of drug-likeness (QED) is 0.594. The Bertz CT molecular complexity index is 931. The van der Waals surface area contributed by atoms with E-state index in [1.165, 1.54) is 0 Å². The second-order valence-electron chi connectivity index (χ2n) is 6.33. The molecule has 0 aliphatic rings. The van der Waals surface area contributed by atoms with E-state index in [9.17, 15) is 18.0 Å². The zero-order valence-corrected chi connectivity index (χ0v) is 15.9. The first kappa shape index (κ1) is 20.7. The van der Waals surface area contributed by atoms with Crippen molar-refractivity contribution >= 4 is 17.6 Å². The minimum Gasteiger partial charge on any atom is -0.336 e. The Balaban J connectivity index is 1.60. The SMILES string of the molecule is O=C(NCC(c1ccc(Cl)cc1)n1cccn1)NCC(F)(F)c1ccc(F)cc1. The van der Waals surface area contributed by atoms with Crippen molar-refractivity contribution < 1.29 is 18.0 Å². The van der Waals surface area contributed by atoms with Gasteiger partial charge in [0.05, 0.1) is 12.6 Å². The maximum Gasteiger partial charge on any atom is 0.315 e. The molecule has 0 spiro atoms. The molecule has 0 saturated heterocycles. The molecule has 5 nitrogen and oxygen atoms in total. The van der Waals surface area contributed by atoms with Gasteiger partial charge in [0.15, 0.2) is 0 Å². The highest BCUT2D eigenvalue weighted by atomic mass is 35.5. The van der Waals surface area contributed by atoms with Gasteiger partial charge in [0.1, 0.15) is 5.82 Å². The normalized spacial score (nSPS) is 12.4. The largest absolute Gasteiger partial charge is 0.336 e. The fourth-order valence-electron chi connectivity index (χ4n) is 2.75. The number of carbonyl (C=O) groups excluding carboxylic acids is 1. The molecular weight excluding hydrogens is 405 g/mol. The third-order valence-corrected chi connectivity index (χ3v) is 4.54. The van der Waals surface area contributed by atoms with Crippen molar-refractivity contribution in [2.75, 3.05) is 13.1 Å². The highest BCUT2D eigenvalue weighted by molar-refractivity contribution is 6.30. The number of alkyl halides is 2. The van der Waals surface area contributed by atoms with Crippen molar-refractivity contribution in [3.05, 3.63) is 89.0 Å². The van der Waals surface area contributed by atoms with Crippen LogP contribution in [0.25, 0.3) is 0 Å². The Labute approximate surface area is 170 Å². The van der Waals surface area contributed by atoms with Crippen LogP contribution in [0.3, 0.4) is 0 Å². The zero-order chi connectivity index (χ0) is 20.9. The molecule has 0 fully saturated rings. The topological polar surface area (TPSA) is 59.0 Å². The second kappa shape index (κ2) is 9.00. The monoisotopic (exact) mass is 422 g/mol. The molecule has 2 aromatic carbocycles. The van der Waals surface area contributed by atoms with Gasteiger partial charge in [-0.05, 0) is 35.9 Å². The van der Waals surface area contributed by atoms with Crippen LogP contribution >= 0.6 is 11.6 Å². The van der Waals surface area contributed by atoms with Crippen molar-refractivity contribution in [3.63, 3.8) is 0 Å². The summed E-state index contributed by atoms with van der Waals surface area (Å²) in [7, 11) is 0. The van der Waals surface area contributed by atoms with Gasteiger partial charge < -0.3 is 10.6 Å². The number of carbonyl (C=O) groups is 1. The van der Waals surface area contributed by atoms with E-state index in [-0.39, 0.29) is 18.2 Å². The smallest absolute Gasteiger partial charge is 0.315 e. The lowest BCUT2D eigenvalue weighted by atomic mass is 10.1. The Morgan fingerprint density at radius 2 is 1.79 bits per heavy atom. The van der Waals surface area contributed by atoms with Crippen LogP contribution in [-0.4, -0.2) is 28.9 Å². The third kappa shape index (κ3) is 5.51. The van der Waals surface area contributed by atoms with Gasteiger partial charge in [-0.3, -0.25) is 4.68 Å². The minimum atomic E-state index is -3.33. The summed E-state index contributed by atoms with van der Waals surface area (Å²) in [6, 6.07) is 11.6. The van der Waals surface area contributed by atoms with Crippen molar-refractivity contribution in [2.24, 2.45) is 0 Å². The molecule has 3 rings (SSSR count). The molecule has 0 aliphatic carbocycles. The van der Waals surface area contributed by atoms with Gasteiger partial charge in [0.25, 0.3) is 5.92 Å². The van der Waals surface area contributed by atoms with E-state index in [1.54, 1.807) is 47.4 Å². The molecule has 0 saturated carbocycles. The maximum atomic E-state index is 14.2. The number of benzene rings is 2. The van der Waals surface area contributed by atoms with E-state index < -0.39 is 24.3 Å². The maximum absolute atomic E-state index is 14.2. The van der Waals surface area contributed by atoms with Gasteiger partial charge in [-0.15, -0.1) is 0 Å². The number of hydrogen-bond donors (Lipinski definition) is 2. The molecule has 0 bridgehead atoms. The third-order valence-electron chi connectivity index (χ3n) is 4.29. The summed E-state index contributed by atoms with van der Waals surface area (Å²) in [6.45, 7) is -0.797. The number of hydrogen-bond acceptors (Lipinski definition) is 2. The van der Waals surface area contributed by atoms with E-state index in [4.69, 9.17) is 11.6 Å².